The van der Waals surface area contributed by atoms with E-state index in [1.807, 2.05) is 0 Å². The number of aliphatic hydroxyl groups is 2. The van der Waals surface area contributed by atoms with Crippen molar-refractivity contribution >= 4 is 8.07 Å². The Kier molecular flexibility index (Phi) is 20.3. The third-order valence-corrected chi connectivity index (χ3v) is 10.9. The molecule has 0 radical (unpaired) electrons. The van der Waals surface area contributed by atoms with Gasteiger partial charge in [0.05, 0.1) is 38.6 Å². The van der Waals surface area contributed by atoms with Crippen LogP contribution in [0.1, 0.15) is 91.9 Å². The maximum absolute atomic E-state index is 10.0. The Hall–Kier alpha value is -0.383. The van der Waals surface area contributed by atoms with Crippen molar-refractivity contribution in [2.24, 2.45) is 0 Å². The zero-order valence-corrected chi connectivity index (χ0v) is 21.4. The highest BCUT2D eigenvalue weighted by atomic mass is 28.3. The molecular formula is C25H50O4Si. The van der Waals surface area contributed by atoms with Gasteiger partial charge < -0.3 is 19.7 Å². The largest absolute Gasteiger partial charge is 0.391 e. The molecule has 0 aromatic heterocycles. The van der Waals surface area contributed by atoms with Crippen LogP contribution < -0.4 is 0 Å². The Labute approximate surface area is 188 Å². The van der Waals surface area contributed by atoms with Crippen LogP contribution in [0.25, 0.3) is 0 Å². The summed E-state index contributed by atoms with van der Waals surface area (Å²) in [7, 11) is -1.42. The van der Waals surface area contributed by atoms with Crippen molar-refractivity contribution in [1.82, 2.24) is 0 Å². The highest BCUT2D eigenvalue weighted by Gasteiger charge is 2.24. The summed E-state index contributed by atoms with van der Waals surface area (Å²) in [4.78, 5) is 0. The SMILES string of the molecule is CCCCCCCCCC[C@H](O)COCCOC[C@H](O)CC#C[Si](CC)(CC)CC. The predicted molar refractivity (Wildman–Crippen MR) is 130 cm³/mol. The summed E-state index contributed by atoms with van der Waals surface area (Å²) in [5.74, 6) is 3.20. The number of aliphatic hydroxyl groups excluding tert-OH is 2. The fourth-order valence-corrected chi connectivity index (χ4v) is 6.09. The van der Waals surface area contributed by atoms with Gasteiger partial charge in [0.1, 0.15) is 8.07 Å². The van der Waals surface area contributed by atoms with E-state index < -0.39 is 14.2 Å². The van der Waals surface area contributed by atoms with Crippen LogP contribution in [0, 0.1) is 11.5 Å². The topological polar surface area (TPSA) is 58.9 Å². The Balaban J connectivity index is 3.59. The third kappa shape index (κ3) is 16.3. The molecule has 30 heavy (non-hydrogen) atoms. The average Bonchev–Trinajstić information content (AvgIpc) is 2.76. The molecule has 0 aliphatic rings. The molecule has 2 atom stereocenters. The van der Waals surface area contributed by atoms with E-state index in [2.05, 4.69) is 39.2 Å². The first-order valence-corrected chi connectivity index (χ1v) is 15.2. The molecule has 0 fully saturated rings. The lowest BCUT2D eigenvalue weighted by molar-refractivity contribution is -0.0176. The average molecular weight is 443 g/mol. The quantitative estimate of drug-likeness (QED) is 0.144. The molecule has 0 saturated heterocycles. The predicted octanol–water partition coefficient (Wildman–Crippen LogP) is 5.71. The van der Waals surface area contributed by atoms with Crippen LogP contribution in [0.4, 0.5) is 0 Å². The molecule has 0 aliphatic carbocycles. The number of ether oxygens (including phenoxy) is 2. The van der Waals surface area contributed by atoms with Crippen molar-refractivity contribution in [3.63, 3.8) is 0 Å². The summed E-state index contributed by atoms with van der Waals surface area (Å²) < 4.78 is 11.0. The molecule has 0 aromatic rings. The van der Waals surface area contributed by atoms with Gasteiger partial charge in [-0.3, -0.25) is 0 Å². The van der Waals surface area contributed by atoms with Crippen molar-refractivity contribution < 1.29 is 19.7 Å². The molecule has 4 nitrogen and oxygen atoms in total. The Morgan fingerprint density at radius 1 is 0.700 bits per heavy atom. The third-order valence-electron chi connectivity index (χ3n) is 6.10. The fraction of sp³-hybridized carbons (Fsp3) is 0.920. The molecular weight excluding hydrogens is 392 g/mol. The second-order valence-electron chi connectivity index (χ2n) is 8.57. The highest BCUT2D eigenvalue weighted by Crippen LogP contribution is 2.18. The zero-order chi connectivity index (χ0) is 22.5. The summed E-state index contributed by atoms with van der Waals surface area (Å²) in [6.07, 6.45) is 10.6. The van der Waals surface area contributed by atoms with Gasteiger partial charge in [0.15, 0.2) is 0 Å². The first-order valence-electron chi connectivity index (χ1n) is 12.5. The molecule has 0 saturated carbocycles. The van der Waals surface area contributed by atoms with Gasteiger partial charge in [0, 0.05) is 6.42 Å². The van der Waals surface area contributed by atoms with Crippen molar-refractivity contribution in [3.8, 4) is 11.5 Å². The second kappa shape index (κ2) is 20.5. The Bertz CT molecular complexity index is 420. The standard InChI is InChI=1S/C25H50O4Si/c1-5-9-10-11-12-13-14-15-17-24(26)22-28-19-20-29-23-25(27)18-16-21-30(6-2,7-3)8-4/h24-27H,5-15,17-20,22-23H2,1-4H3/t24-,25+/m0/s1. The minimum atomic E-state index is -1.42. The lowest BCUT2D eigenvalue weighted by Gasteiger charge is -2.20. The van der Waals surface area contributed by atoms with E-state index in [9.17, 15) is 10.2 Å². The highest BCUT2D eigenvalue weighted by molar-refractivity contribution is 6.87. The van der Waals surface area contributed by atoms with Gasteiger partial charge in [-0.05, 0) is 24.6 Å². The normalized spacial score (nSPS) is 13.7. The smallest absolute Gasteiger partial charge is 0.137 e. The molecule has 178 valence electrons. The van der Waals surface area contributed by atoms with Gasteiger partial charge in [-0.2, -0.15) is 0 Å². The lowest BCUT2D eigenvalue weighted by atomic mass is 10.1. The zero-order valence-electron chi connectivity index (χ0n) is 20.4. The van der Waals surface area contributed by atoms with Crippen molar-refractivity contribution in [3.05, 3.63) is 0 Å². The van der Waals surface area contributed by atoms with Crippen molar-refractivity contribution in [1.29, 1.82) is 0 Å². The van der Waals surface area contributed by atoms with Crippen LogP contribution in [0.5, 0.6) is 0 Å². The minimum absolute atomic E-state index is 0.289. The van der Waals surface area contributed by atoms with Gasteiger partial charge in [-0.1, -0.05) is 79.1 Å². The van der Waals surface area contributed by atoms with E-state index in [-0.39, 0.29) is 12.7 Å². The number of hydrogen-bond donors (Lipinski definition) is 2. The van der Waals surface area contributed by atoms with Gasteiger partial charge in [0.2, 0.25) is 0 Å². The number of unbranched alkanes of at least 4 members (excludes halogenated alkanes) is 7. The lowest BCUT2D eigenvalue weighted by Crippen LogP contribution is -2.29. The number of hydrogen-bond acceptors (Lipinski definition) is 4. The summed E-state index contributed by atoms with van der Waals surface area (Å²) in [5, 5.41) is 20.0. The van der Waals surface area contributed by atoms with Crippen molar-refractivity contribution in [2.75, 3.05) is 26.4 Å². The molecule has 0 bridgehead atoms. The molecule has 0 aliphatic heterocycles. The molecule has 0 spiro atoms. The van der Waals surface area contributed by atoms with E-state index in [1.165, 1.54) is 63.1 Å². The van der Waals surface area contributed by atoms with Crippen LogP contribution in [0.3, 0.4) is 0 Å². The summed E-state index contributed by atoms with van der Waals surface area (Å²) in [6.45, 7) is 10.5. The molecule has 5 heteroatoms. The van der Waals surface area contributed by atoms with E-state index in [0.717, 1.165) is 12.8 Å². The van der Waals surface area contributed by atoms with E-state index in [0.29, 0.717) is 26.2 Å². The first kappa shape index (κ1) is 29.6. The maximum Gasteiger partial charge on any atom is 0.137 e. The minimum Gasteiger partial charge on any atom is -0.391 e. The molecule has 0 heterocycles. The summed E-state index contributed by atoms with van der Waals surface area (Å²) >= 11 is 0. The fourth-order valence-electron chi connectivity index (χ4n) is 3.58. The molecule has 0 amide bonds. The van der Waals surface area contributed by atoms with Crippen molar-refractivity contribution in [2.45, 2.75) is 122 Å². The van der Waals surface area contributed by atoms with Crippen LogP contribution >= 0.6 is 0 Å². The van der Waals surface area contributed by atoms with Crippen LogP contribution in [0.2, 0.25) is 18.1 Å². The van der Waals surface area contributed by atoms with Crippen LogP contribution in [-0.4, -0.2) is 56.9 Å². The van der Waals surface area contributed by atoms with Crippen LogP contribution in [-0.2, 0) is 9.47 Å². The van der Waals surface area contributed by atoms with E-state index in [4.69, 9.17) is 9.47 Å². The second-order valence-corrected chi connectivity index (χ2v) is 13.5. The number of rotatable bonds is 20. The monoisotopic (exact) mass is 442 g/mol. The van der Waals surface area contributed by atoms with E-state index in [1.54, 1.807) is 0 Å². The summed E-state index contributed by atoms with van der Waals surface area (Å²) in [5.41, 5.74) is 3.49. The molecule has 0 rings (SSSR count). The molecule has 0 aromatic carbocycles. The molecule has 0 unspecified atom stereocenters. The molecule has 2 N–H and O–H groups in total. The Morgan fingerprint density at radius 2 is 1.20 bits per heavy atom. The van der Waals surface area contributed by atoms with Gasteiger partial charge in [-0.25, -0.2) is 0 Å². The van der Waals surface area contributed by atoms with E-state index >= 15 is 0 Å². The summed E-state index contributed by atoms with van der Waals surface area (Å²) in [6, 6.07) is 3.55. The first-order chi connectivity index (χ1) is 14.5. The van der Waals surface area contributed by atoms with Gasteiger partial charge >= 0.3 is 0 Å². The van der Waals surface area contributed by atoms with Gasteiger partial charge in [-0.15, -0.1) is 11.5 Å². The maximum atomic E-state index is 10.0. The van der Waals surface area contributed by atoms with Crippen LogP contribution in [0.15, 0.2) is 0 Å². The Morgan fingerprint density at radius 3 is 1.73 bits per heavy atom. The van der Waals surface area contributed by atoms with Gasteiger partial charge in [0.25, 0.3) is 0 Å².